The van der Waals surface area contributed by atoms with Gasteiger partial charge in [0.15, 0.2) is 0 Å². The van der Waals surface area contributed by atoms with Gasteiger partial charge in [0.2, 0.25) is 5.12 Å². The Hall–Kier alpha value is -0.300. The van der Waals surface area contributed by atoms with Crippen molar-refractivity contribution in [3.8, 4) is 0 Å². The molecule has 0 spiro atoms. The van der Waals surface area contributed by atoms with E-state index in [1.807, 2.05) is 18.2 Å². The molecular formula is C11H8BrNOS3. The average Bonchev–Trinajstić information content (AvgIpc) is 2.84. The number of aliphatic imine (C=N–C) groups is 1. The van der Waals surface area contributed by atoms with Gasteiger partial charge < -0.3 is 0 Å². The van der Waals surface area contributed by atoms with Crippen LogP contribution in [0.1, 0.15) is 4.88 Å². The van der Waals surface area contributed by atoms with Crippen LogP contribution in [-0.4, -0.2) is 15.2 Å². The van der Waals surface area contributed by atoms with E-state index in [9.17, 15) is 4.79 Å². The summed E-state index contributed by atoms with van der Waals surface area (Å²) in [6.07, 6.45) is 3.63. The molecule has 0 N–H and O–H groups in total. The molecule has 0 saturated carbocycles. The highest BCUT2D eigenvalue weighted by molar-refractivity contribution is 9.11. The molecule has 0 radical (unpaired) electrons. The Labute approximate surface area is 120 Å². The summed E-state index contributed by atoms with van der Waals surface area (Å²) < 4.78 is 1.85. The van der Waals surface area contributed by atoms with Crippen molar-refractivity contribution in [2.24, 2.45) is 4.99 Å². The smallest absolute Gasteiger partial charge is 0.244 e. The zero-order valence-electron chi connectivity index (χ0n) is 8.68. The molecule has 0 aliphatic carbocycles. The van der Waals surface area contributed by atoms with E-state index < -0.39 is 0 Å². The molecule has 1 aromatic rings. The van der Waals surface area contributed by atoms with Gasteiger partial charge in [-0.3, -0.25) is 4.79 Å². The summed E-state index contributed by atoms with van der Waals surface area (Å²) in [5, 5.41) is 0.0149. The molecule has 0 amide bonds. The number of nitrogens with zero attached hydrogens (tertiary/aromatic N) is 1. The Kier molecular flexibility index (Phi) is 4.67. The van der Waals surface area contributed by atoms with Crippen LogP contribution in [0, 0.1) is 0 Å². The second-order valence-electron chi connectivity index (χ2n) is 3.04. The van der Waals surface area contributed by atoms with Crippen molar-refractivity contribution in [2.45, 2.75) is 0 Å². The second-order valence-corrected chi connectivity index (χ2v) is 7.76. The maximum Gasteiger partial charge on any atom is 0.244 e. The Balaban J connectivity index is 2.15. The predicted molar refractivity (Wildman–Crippen MR) is 82.7 cm³/mol. The van der Waals surface area contributed by atoms with Crippen LogP contribution in [0.25, 0.3) is 6.08 Å². The first-order chi connectivity index (χ1) is 8.19. The molecule has 1 aliphatic rings. The van der Waals surface area contributed by atoms with E-state index in [0.717, 1.165) is 18.8 Å². The summed E-state index contributed by atoms with van der Waals surface area (Å²) in [6.45, 7) is 3.64. The van der Waals surface area contributed by atoms with E-state index in [-0.39, 0.29) is 5.12 Å². The van der Waals surface area contributed by atoms with E-state index in [4.69, 9.17) is 0 Å². The first-order valence-electron chi connectivity index (χ1n) is 4.70. The third-order valence-electron chi connectivity index (χ3n) is 1.80. The fourth-order valence-corrected chi connectivity index (χ4v) is 4.08. The lowest BCUT2D eigenvalue weighted by molar-refractivity contribution is -0.107. The number of thioether (sulfide) groups is 2. The Morgan fingerprint density at radius 3 is 3.00 bits per heavy atom. The summed E-state index contributed by atoms with van der Waals surface area (Å²) >= 11 is 7.70. The van der Waals surface area contributed by atoms with Crippen molar-refractivity contribution in [1.82, 2.24) is 0 Å². The number of rotatable bonds is 3. The zero-order valence-corrected chi connectivity index (χ0v) is 12.7. The number of carbonyl (C=O) groups is 1. The molecule has 0 unspecified atom stereocenters. The average molecular weight is 346 g/mol. The second kappa shape index (κ2) is 6.04. The molecule has 2 nitrogen and oxygen atoms in total. The molecule has 0 fully saturated rings. The van der Waals surface area contributed by atoms with Gasteiger partial charge in [-0.1, -0.05) is 17.8 Å². The van der Waals surface area contributed by atoms with Crippen molar-refractivity contribution >= 4 is 66.4 Å². The minimum atomic E-state index is 0.0149. The lowest BCUT2D eigenvalue weighted by Gasteiger charge is -1.90. The van der Waals surface area contributed by atoms with E-state index >= 15 is 0 Å². The molecule has 0 atom stereocenters. The standard InChI is InChI=1S/C11H8BrNOS3/c1-2-5-15-11-13-8(10(14)17-11)6-7-3-4-9(12)16-7/h2-4,6H,1,5H2. The molecule has 0 bridgehead atoms. The summed E-state index contributed by atoms with van der Waals surface area (Å²) in [7, 11) is 0. The third kappa shape index (κ3) is 3.58. The van der Waals surface area contributed by atoms with Gasteiger partial charge in [0.1, 0.15) is 10.1 Å². The van der Waals surface area contributed by atoms with Gasteiger partial charge in [-0.05, 0) is 45.9 Å². The van der Waals surface area contributed by atoms with Crippen LogP contribution >= 0.6 is 50.8 Å². The van der Waals surface area contributed by atoms with Gasteiger partial charge in [0.25, 0.3) is 0 Å². The predicted octanol–water partition coefficient (Wildman–Crippen LogP) is 4.40. The van der Waals surface area contributed by atoms with E-state index in [1.54, 1.807) is 17.4 Å². The first-order valence-corrected chi connectivity index (χ1v) is 8.12. The molecule has 17 heavy (non-hydrogen) atoms. The lowest BCUT2D eigenvalue weighted by Crippen LogP contribution is -1.87. The highest BCUT2D eigenvalue weighted by Crippen LogP contribution is 2.32. The van der Waals surface area contributed by atoms with Crippen LogP contribution in [0.5, 0.6) is 0 Å². The van der Waals surface area contributed by atoms with Crippen LogP contribution in [0.2, 0.25) is 0 Å². The van der Waals surface area contributed by atoms with Gasteiger partial charge in [-0.25, -0.2) is 4.99 Å². The van der Waals surface area contributed by atoms with Crippen LogP contribution in [0.4, 0.5) is 0 Å². The fourth-order valence-electron chi connectivity index (χ4n) is 1.12. The van der Waals surface area contributed by atoms with E-state index in [2.05, 4.69) is 27.5 Å². The largest absolute Gasteiger partial charge is 0.279 e. The molecule has 1 aliphatic heterocycles. The van der Waals surface area contributed by atoms with E-state index in [1.165, 1.54) is 23.5 Å². The number of halogens is 1. The van der Waals surface area contributed by atoms with Gasteiger partial charge in [0.05, 0.1) is 3.79 Å². The summed E-state index contributed by atoms with van der Waals surface area (Å²) in [4.78, 5) is 17.0. The van der Waals surface area contributed by atoms with Crippen LogP contribution in [-0.2, 0) is 4.79 Å². The third-order valence-corrected chi connectivity index (χ3v) is 5.37. The first kappa shape index (κ1) is 13.1. The fraction of sp³-hybridized carbons (Fsp3) is 0.0909. The molecule has 6 heteroatoms. The molecule has 0 aromatic carbocycles. The van der Waals surface area contributed by atoms with Crippen molar-refractivity contribution in [2.75, 3.05) is 5.75 Å². The quantitative estimate of drug-likeness (QED) is 0.600. The van der Waals surface area contributed by atoms with Gasteiger partial charge in [0, 0.05) is 10.6 Å². The highest BCUT2D eigenvalue weighted by Gasteiger charge is 2.22. The number of hydrogen-bond acceptors (Lipinski definition) is 5. The van der Waals surface area contributed by atoms with Crippen LogP contribution in [0.15, 0.2) is 39.3 Å². The summed E-state index contributed by atoms with van der Waals surface area (Å²) in [6, 6.07) is 3.92. The number of thiophene rings is 1. The summed E-state index contributed by atoms with van der Waals surface area (Å²) in [5.74, 6) is 0.775. The summed E-state index contributed by atoms with van der Waals surface area (Å²) in [5.41, 5.74) is 0.524. The number of hydrogen-bond donors (Lipinski definition) is 0. The van der Waals surface area contributed by atoms with Crippen LogP contribution < -0.4 is 0 Å². The van der Waals surface area contributed by atoms with Gasteiger partial charge >= 0.3 is 0 Å². The number of carbonyl (C=O) groups excluding carboxylic acids is 1. The van der Waals surface area contributed by atoms with Crippen LogP contribution in [0.3, 0.4) is 0 Å². The van der Waals surface area contributed by atoms with Gasteiger partial charge in [-0.15, -0.1) is 17.9 Å². The SMILES string of the molecule is C=CCSC1=NC(=Cc2ccc(Br)s2)C(=O)S1. The van der Waals surface area contributed by atoms with Crippen molar-refractivity contribution < 1.29 is 4.79 Å². The Morgan fingerprint density at radius 1 is 1.53 bits per heavy atom. The Morgan fingerprint density at radius 2 is 2.35 bits per heavy atom. The zero-order chi connectivity index (χ0) is 12.3. The van der Waals surface area contributed by atoms with E-state index in [0.29, 0.717) is 5.70 Å². The van der Waals surface area contributed by atoms with Crippen molar-refractivity contribution in [3.05, 3.63) is 39.1 Å². The highest BCUT2D eigenvalue weighted by atomic mass is 79.9. The lowest BCUT2D eigenvalue weighted by atomic mass is 10.4. The Bertz CT molecular complexity index is 519. The minimum absolute atomic E-state index is 0.0149. The maximum atomic E-state index is 11.7. The maximum absolute atomic E-state index is 11.7. The van der Waals surface area contributed by atoms with Crippen molar-refractivity contribution in [3.63, 3.8) is 0 Å². The van der Waals surface area contributed by atoms with Crippen molar-refractivity contribution in [1.29, 1.82) is 0 Å². The molecule has 2 heterocycles. The minimum Gasteiger partial charge on any atom is -0.279 e. The molecule has 1 aromatic heterocycles. The molecule has 2 rings (SSSR count). The van der Waals surface area contributed by atoms with Gasteiger partial charge in [-0.2, -0.15) is 0 Å². The normalized spacial score (nSPS) is 17.6. The molecule has 0 saturated heterocycles. The topological polar surface area (TPSA) is 29.4 Å². The molecular weight excluding hydrogens is 338 g/mol. The molecule has 88 valence electrons. The monoisotopic (exact) mass is 345 g/mol.